The van der Waals surface area contributed by atoms with Crippen LogP contribution in [0.1, 0.15) is 38.8 Å². The summed E-state index contributed by atoms with van der Waals surface area (Å²) in [6.07, 6.45) is 0.569. The minimum atomic E-state index is -2.94. The molecule has 0 aliphatic carbocycles. The summed E-state index contributed by atoms with van der Waals surface area (Å²) in [5.74, 6) is -0.245. The van der Waals surface area contributed by atoms with Gasteiger partial charge in [0.2, 0.25) is 0 Å². The van der Waals surface area contributed by atoms with Crippen molar-refractivity contribution in [1.82, 2.24) is 4.90 Å². The molecular formula is C39H37NO3Si. The standard InChI is InChI=1S/C39H37NO3Si/c1-30(27-43-28-32-18-8-3-9-19-32)29-44(33-20-10-4-11-21-33,34-22-12-5-13-23-34)37(26-31-16-6-2-7-17-31)40-38(41)35-24-14-15-25-36(35)39(40)42/h2-25,30,37H,26-29H2,1H3/t30-,37?/m1/s1. The Morgan fingerprint density at radius 2 is 1.02 bits per heavy atom. The summed E-state index contributed by atoms with van der Waals surface area (Å²) in [5.41, 5.74) is 2.85. The van der Waals surface area contributed by atoms with Crippen molar-refractivity contribution in [2.75, 3.05) is 6.61 Å². The first-order valence-corrected chi connectivity index (χ1v) is 17.6. The van der Waals surface area contributed by atoms with Crippen LogP contribution in [-0.4, -0.2) is 37.1 Å². The van der Waals surface area contributed by atoms with E-state index in [1.165, 1.54) is 10.4 Å². The molecule has 6 rings (SSSR count). The lowest BCUT2D eigenvalue weighted by molar-refractivity contribution is 0.0626. The SMILES string of the molecule is C[C@H](COCc1ccccc1)C[Si](c1ccccc1)(c1ccccc1)C(Cc1ccccc1)N1C(=O)c2ccccc2C1=O. The molecular weight excluding hydrogens is 559 g/mol. The molecule has 4 nitrogen and oxygen atoms in total. The van der Waals surface area contributed by atoms with Gasteiger partial charge in [-0.1, -0.05) is 151 Å². The molecule has 1 aliphatic rings. The molecule has 0 saturated carbocycles. The highest BCUT2D eigenvalue weighted by Gasteiger charge is 2.53. The van der Waals surface area contributed by atoms with Crippen LogP contribution in [0.5, 0.6) is 0 Å². The molecule has 0 radical (unpaired) electrons. The minimum Gasteiger partial charge on any atom is -0.377 e. The normalized spacial score (nSPS) is 14.3. The molecule has 0 saturated heterocycles. The fourth-order valence-electron chi connectivity index (χ4n) is 6.77. The molecule has 0 bridgehead atoms. The quantitative estimate of drug-likeness (QED) is 0.121. The van der Waals surface area contributed by atoms with E-state index in [2.05, 4.69) is 79.7 Å². The molecule has 1 unspecified atom stereocenters. The largest absolute Gasteiger partial charge is 0.377 e. The lowest BCUT2D eigenvalue weighted by atomic mass is 10.1. The van der Waals surface area contributed by atoms with Crippen LogP contribution in [-0.2, 0) is 17.8 Å². The van der Waals surface area contributed by atoms with Crippen LogP contribution < -0.4 is 10.4 Å². The van der Waals surface area contributed by atoms with Crippen molar-refractivity contribution in [2.24, 2.45) is 5.92 Å². The lowest BCUT2D eigenvalue weighted by Crippen LogP contribution is -2.72. The zero-order chi connectivity index (χ0) is 30.4. The van der Waals surface area contributed by atoms with Gasteiger partial charge in [-0.3, -0.25) is 14.5 Å². The number of benzene rings is 5. The second kappa shape index (κ2) is 13.4. The molecule has 5 aromatic carbocycles. The molecule has 0 fully saturated rings. The van der Waals surface area contributed by atoms with Crippen LogP contribution in [0.15, 0.2) is 146 Å². The average molecular weight is 596 g/mol. The zero-order valence-electron chi connectivity index (χ0n) is 25.0. The molecule has 5 heteroatoms. The highest BCUT2D eigenvalue weighted by atomic mass is 28.3. The van der Waals surface area contributed by atoms with Crippen LogP contribution in [0.4, 0.5) is 0 Å². The molecule has 0 N–H and O–H groups in total. The number of hydrogen-bond acceptors (Lipinski definition) is 3. The Morgan fingerprint density at radius 1 is 0.591 bits per heavy atom. The van der Waals surface area contributed by atoms with E-state index in [0.717, 1.165) is 17.2 Å². The summed E-state index contributed by atoms with van der Waals surface area (Å²) >= 11 is 0. The van der Waals surface area contributed by atoms with Gasteiger partial charge in [-0.25, -0.2) is 0 Å². The van der Waals surface area contributed by atoms with Crippen LogP contribution in [0, 0.1) is 5.92 Å². The van der Waals surface area contributed by atoms with E-state index >= 15 is 0 Å². The molecule has 2 atom stereocenters. The van der Waals surface area contributed by atoms with Crippen molar-refractivity contribution in [3.63, 3.8) is 0 Å². The monoisotopic (exact) mass is 595 g/mol. The molecule has 2 amide bonds. The maximum Gasteiger partial charge on any atom is 0.261 e. The summed E-state index contributed by atoms with van der Waals surface area (Å²) in [5, 5.41) is 2.41. The van der Waals surface area contributed by atoms with Gasteiger partial charge in [0.05, 0.1) is 17.7 Å². The van der Waals surface area contributed by atoms with Crippen molar-refractivity contribution >= 4 is 30.3 Å². The first-order chi connectivity index (χ1) is 21.6. The van der Waals surface area contributed by atoms with Crippen LogP contribution in [0.2, 0.25) is 6.04 Å². The molecule has 220 valence electrons. The molecule has 44 heavy (non-hydrogen) atoms. The van der Waals surface area contributed by atoms with Gasteiger partial charge in [-0.2, -0.15) is 0 Å². The van der Waals surface area contributed by atoms with Crippen LogP contribution >= 0.6 is 0 Å². The molecule has 1 aliphatic heterocycles. The van der Waals surface area contributed by atoms with Crippen molar-refractivity contribution < 1.29 is 14.3 Å². The van der Waals surface area contributed by atoms with Crippen molar-refractivity contribution in [2.45, 2.75) is 31.7 Å². The lowest BCUT2D eigenvalue weighted by Gasteiger charge is -2.45. The smallest absolute Gasteiger partial charge is 0.261 e. The van der Waals surface area contributed by atoms with Gasteiger partial charge in [0.15, 0.2) is 0 Å². The summed E-state index contributed by atoms with van der Waals surface area (Å²) in [6, 6.07) is 49.8. The van der Waals surface area contributed by atoms with E-state index in [-0.39, 0.29) is 23.4 Å². The second-order valence-corrected chi connectivity index (χ2v) is 15.9. The van der Waals surface area contributed by atoms with Crippen molar-refractivity contribution in [3.05, 3.63) is 168 Å². The van der Waals surface area contributed by atoms with Gasteiger partial charge >= 0.3 is 0 Å². The first kappa shape index (κ1) is 29.5. The fraction of sp³-hybridized carbons (Fsp3) is 0.179. The minimum absolute atomic E-state index is 0.166. The maximum atomic E-state index is 14.3. The van der Waals surface area contributed by atoms with Crippen molar-refractivity contribution in [3.8, 4) is 0 Å². The molecule has 5 aromatic rings. The topological polar surface area (TPSA) is 46.6 Å². The highest BCUT2D eigenvalue weighted by Crippen LogP contribution is 2.33. The highest BCUT2D eigenvalue weighted by molar-refractivity contribution is 7.03. The van der Waals surface area contributed by atoms with Gasteiger partial charge in [-0.05, 0) is 41.6 Å². The van der Waals surface area contributed by atoms with Gasteiger partial charge in [0, 0.05) is 12.3 Å². The van der Waals surface area contributed by atoms with E-state index in [4.69, 9.17) is 4.74 Å². The Labute approximate surface area is 261 Å². The van der Waals surface area contributed by atoms with E-state index < -0.39 is 8.07 Å². The van der Waals surface area contributed by atoms with Crippen LogP contribution in [0.25, 0.3) is 0 Å². The zero-order valence-corrected chi connectivity index (χ0v) is 26.0. The summed E-state index contributed by atoms with van der Waals surface area (Å²) in [4.78, 5) is 30.1. The van der Waals surface area contributed by atoms with E-state index in [9.17, 15) is 9.59 Å². The number of fused-ring (bicyclic) bond motifs is 1. The predicted octanol–water partition coefficient (Wildman–Crippen LogP) is 6.55. The van der Waals surface area contributed by atoms with Gasteiger partial charge in [0.1, 0.15) is 8.07 Å². The van der Waals surface area contributed by atoms with Crippen LogP contribution in [0.3, 0.4) is 0 Å². The Bertz CT molecular complexity index is 1620. The van der Waals surface area contributed by atoms with Gasteiger partial charge in [0.25, 0.3) is 11.8 Å². The van der Waals surface area contributed by atoms with E-state index in [0.29, 0.717) is 30.8 Å². The summed E-state index contributed by atoms with van der Waals surface area (Å²) in [6.45, 7) is 3.35. The molecule has 0 aromatic heterocycles. The third kappa shape index (κ3) is 5.94. The Kier molecular flexibility index (Phi) is 8.96. The number of amides is 2. The van der Waals surface area contributed by atoms with Gasteiger partial charge < -0.3 is 4.74 Å². The molecule has 1 heterocycles. The number of hydrogen-bond donors (Lipinski definition) is 0. The maximum absolute atomic E-state index is 14.3. The first-order valence-electron chi connectivity index (χ1n) is 15.3. The van der Waals surface area contributed by atoms with Crippen molar-refractivity contribution in [1.29, 1.82) is 0 Å². The average Bonchev–Trinajstić information content (AvgIpc) is 3.33. The number of nitrogens with zero attached hydrogens (tertiary/aromatic N) is 1. The third-order valence-corrected chi connectivity index (χ3v) is 14.4. The fourth-order valence-corrected chi connectivity index (χ4v) is 12.7. The number of imide groups is 1. The Morgan fingerprint density at radius 3 is 1.52 bits per heavy atom. The van der Waals surface area contributed by atoms with Gasteiger partial charge in [-0.15, -0.1) is 0 Å². The summed E-state index contributed by atoms with van der Waals surface area (Å²) < 4.78 is 6.29. The Hall–Kier alpha value is -4.58. The number of carbonyl (C=O) groups excluding carboxylic acids is 2. The Balaban J connectivity index is 1.49. The number of ether oxygens (including phenoxy) is 1. The second-order valence-electron chi connectivity index (χ2n) is 11.7. The molecule has 0 spiro atoms. The van der Waals surface area contributed by atoms with E-state index in [1.54, 1.807) is 17.0 Å². The number of carbonyl (C=O) groups is 2. The van der Waals surface area contributed by atoms with E-state index in [1.807, 2.05) is 60.7 Å². The third-order valence-electron chi connectivity index (χ3n) is 8.74. The summed E-state index contributed by atoms with van der Waals surface area (Å²) in [7, 11) is -2.94. The number of rotatable bonds is 12. The predicted molar refractivity (Wildman–Crippen MR) is 179 cm³/mol.